The minimum atomic E-state index is -4.24. The van der Waals surface area contributed by atoms with Crippen LogP contribution in [0.25, 0.3) is 0 Å². The van der Waals surface area contributed by atoms with Gasteiger partial charge in [0.1, 0.15) is 0 Å². The Morgan fingerprint density at radius 3 is 1.93 bits per heavy atom. The van der Waals surface area contributed by atoms with Gasteiger partial charge in [-0.05, 0) is 30.3 Å². The molecule has 11 heteroatoms. The van der Waals surface area contributed by atoms with E-state index in [0.717, 1.165) is 42.5 Å². The van der Waals surface area contributed by atoms with E-state index < -0.39 is 31.3 Å². The lowest BCUT2D eigenvalue weighted by atomic mass is 10.2. The summed E-state index contributed by atoms with van der Waals surface area (Å²) >= 11 is 0. The maximum Gasteiger partial charge on any atom is 0.271 e. The zero-order valence-electron chi connectivity index (χ0n) is 15.1. The van der Waals surface area contributed by atoms with Gasteiger partial charge in [0.15, 0.2) is 0 Å². The molecule has 30 heavy (non-hydrogen) atoms. The van der Waals surface area contributed by atoms with Crippen molar-refractivity contribution in [2.45, 2.75) is 9.79 Å². The van der Waals surface area contributed by atoms with Gasteiger partial charge in [-0.3, -0.25) is 25.0 Å². The topological polar surface area (TPSA) is 150 Å². The zero-order chi connectivity index (χ0) is 21.9. The number of amides is 1. The van der Waals surface area contributed by atoms with E-state index in [1.807, 2.05) is 0 Å². The monoisotopic (exact) mass is 427 g/mol. The average molecular weight is 427 g/mol. The van der Waals surface area contributed by atoms with Crippen molar-refractivity contribution in [2.24, 2.45) is 0 Å². The number of nitro groups is 2. The number of nitrogens with zero attached hydrogens (tertiary/aromatic N) is 2. The van der Waals surface area contributed by atoms with Crippen LogP contribution in [0.15, 0.2) is 82.6 Å². The lowest BCUT2D eigenvalue weighted by molar-refractivity contribution is -0.385. The largest absolute Gasteiger partial charge is 0.321 e. The lowest BCUT2D eigenvalue weighted by Crippen LogP contribution is -2.15. The number of benzene rings is 3. The number of hydrogen-bond donors (Lipinski definition) is 1. The van der Waals surface area contributed by atoms with E-state index in [4.69, 9.17) is 0 Å². The molecule has 0 aliphatic carbocycles. The Kier molecular flexibility index (Phi) is 5.56. The van der Waals surface area contributed by atoms with Gasteiger partial charge in [-0.1, -0.05) is 18.2 Å². The van der Waals surface area contributed by atoms with Crippen molar-refractivity contribution in [2.75, 3.05) is 5.32 Å². The smallest absolute Gasteiger partial charge is 0.271 e. The van der Waals surface area contributed by atoms with Crippen LogP contribution in [0, 0.1) is 20.2 Å². The van der Waals surface area contributed by atoms with E-state index in [9.17, 15) is 33.4 Å². The number of rotatable bonds is 6. The van der Waals surface area contributed by atoms with E-state index >= 15 is 0 Å². The van der Waals surface area contributed by atoms with Crippen molar-refractivity contribution in [3.05, 3.63) is 98.6 Å². The van der Waals surface area contributed by atoms with E-state index in [1.54, 1.807) is 18.2 Å². The predicted octanol–water partition coefficient (Wildman–Crippen LogP) is 3.59. The third-order valence-corrected chi connectivity index (χ3v) is 5.93. The van der Waals surface area contributed by atoms with Gasteiger partial charge in [0, 0.05) is 29.8 Å². The number of nitrogens with one attached hydrogen (secondary N) is 1. The van der Waals surface area contributed by atoms with Gasteiger partial charge < -0.3 is 5.32 Å². The van der Waals surface area contributed by atoms with Crippen LogP contribution in [0.4, 0.5) is 17.1 Å². The van der Waals surface area contributed by atoms with Crippen molar-refractivity contribution < 1.29 is 23.1 Å². The molecule has 10 nitrogen and oxygen atoms in total. The Balaban J connectivity index is 2.08. The van der Waals surface area contributed by atoms with Crippen molar-refractivity contribution in [1.82, 2.24) is 0 Å². The van der Waals surface area contributed by atoms with Crippen LogP contribution < -0.4 is 5.32 Å². The van der Waals surface area contributed by atoms with Crippen LogP contribution in [0.1, 0.15) is 10.4 Å². The summed E-state index contributed by atoms with van der Waals surface area (Å²) in [5.74, 6) is -0.656. The number of carbonyl (C=O) groups excluding carboxylic acids is 1. The molecule has 0 atom stereocenters. The molecule has 0 saturated carbocycles. The first-order valence-corrected chi connectivity index (χ1v) is 9.83. The normalized spacial score (nSPS) is 10.9. The van der Waals surface area contributed by atoms with Gasteiger partial charge in [-0.15, -0.1) is 0 Å². The number of hydrogen-bond acceptors (Lipinski definition) is 7. The van der Waals surface area contributed by atoms with E-state index in [-0.39, 0.29) is 26.7 Å². The quantitative estimate of drug-likeness (QED) is 0.466. The Bertz CT molecular complexity index is 1240. The summed E-state index contributed by atoms with van der Waals surface area (Å²) in [6.45, 7) is 0. The van der Waals surface area contributed by atoms with E-state index in [0.29, 0.717) is 0 Å². The van der Waals surface area contributed by atoms with Crippen LogP contribution >= 0.6 is 0 Å². The second-order valence-corrected chi connectivity index (χ2v) is 7.93. The van der Waals surface area contributed by atoms with Gasteiger partial charge in [-0.2, -0.15) is 0 Å². The molecule has 1 amide bonds. The van der Waals surface area contributed by atoms with Crippen molar-refractivity contribution >= 4 is 32.8 Å². The molecule has 152 valence electrons. The first kappa shape index (κ1) is 20.6. The minimum absolute atomic E-state index is 0.225. The molecule has 0 unspecified atom stereocenters. The highest BCUT2D eigenvalue weighted by Crippen LogP contribution is 2.32. The van der Waals surface area contributed by atoms with Crippen LogP contribution in [0.5, 0.6) is 0 Å². The summed E-state index contributed by atoms with van der Waals surface area (Å²) in [5.41, 5.74) is -0.768. The number of nitro benzene ring substituents is 2. The first-order chi connectivity index (χ1) is 14.2. The fourth-order valence-corrected chi connectivity index (χ4v) is 4.02. The van der Waals surface area contributed by atoms with Crippen molar-refractivity contribution in [3.63, 3.8) is 0 Å². The van der Waals surface area contributed by atoms with Gasteiger partial charge in [0.05, 0.1) is 25.3 Å². The molecule has 3 aromatic rings. The summed E-state index contributed by atoms with van der Waals surface area (Å²) in [6, 6.07) is 15.0. The van der Waals surface area contributed by atoms with Crippen molar-refractivity contribution in [1.29, 1.82) is 0 Å². The van der Waals surface area contributed by atoms with Gasteiger partial charge >= 0.3 is 0 Å². The number of sulfone groups is 1. The predicted molar refractivity (Wildman–Crippen MR) is 106 cm³/mol. The molecule has 0 spiro atoms. The molecule has 0 bridgehead atoms. The van der Waals surface area contributed by atoms with Crippen LogP contribution in [-0.4, -0.2) is 24.2 Å². The number of non-ortho nitro benzene ring substituents is 2. The molecule has 1 N–H and O–H groups in total. The molecule has 0 aliphatic rings. The molecule has 0 aromatic heterocycles. The van der Waals surface area contributed by atoms with Crippen molar-refractivity contribution in [3.8, 4) is 0 Å². The first-order valence-electron chi connectivity index (χ1n) is 8.34. The lowest BCUT2D eigenvalue weighted by Gasteiger charge is -2.12. The molecule has 0 saturated heterocycles. The summed E-state index contributed by atoms with van der Waals surface area (Å²) < 4.78 is 26.1. The summed E-state index contributed by atoms with van der Waals surface area (Å²) in [4.78, 5) is 32.3. The Morgan fingerprint density at radius 2 is 1.37 bits per heavy atom. The summed E-state index contributed by atoms with van der Waals surface area (Å²) in [7, 11) is -4.24. The third kappa shape index (κ3) is 4.15. The maximum absolute atomic E-state index is 13.0. The highest BCUT2D eigenvalue weighted by atomic mass is 32.2. The number of anilines is 1. The minimum Gasteiger partial charge on any atom is -0.321 e. The second kappa shape index (κ2) is 8.09. The van der Waals surface area contributed by atoms with E-state index in [2.05, 4.69) is 5.32 Å². The Hall–Kier alpha value is -4.12. The summed E-state index contributed by atoms with van der Waals surface area (Å²) in [5, 5.41) is 24.3. The van der Waals surface area contributed by atoms with Crippen LogP contribution in [0.3, 0.4) is 0 Å². The highest BCUT2D eigenvalue weighted by molar-refractivity contribution is 7.91. The summed E-state index contributed by atoms with van der Waals surface area (Å²) in [6.07, 6.45) is 0. The molecule has 0 heterocycles. The third-order valence-electron chi connectivity index (χ3n) is 4.11. The highest BCUT2D eigenvalue weighted by Gasteiger charge is 2.25. The van der Waals surface area contributed by atoms with E-state index in [1.165, 1.54) is 12.1 Å². The van der Waals surface area contributed by atoms with Gasteiger partial charge in [0.2, 0.25) is 9.84 Å². The Labute approximate surface area is 170 Å². The second-order valence-electron chi connectivity index (χ2n) is 6.01. The molecular weight excluding hydrogens is 414 g/mol. The van der Waals surface area contributed by atoms with Crippen LogP contribution in [-0.2, 0) is 9.84 Å². The molecular formula is C19H13N3O7S. The van der Waals surface area contributed by atoms with Gasteiger partial charge in [-0.25, -0.2) is 8.42 Å². The average Bonchev–Trinajstić information content (AvgIpc) is 2.74. The molecule has 3 aromatic carbocycles. The fourth-order valence-electron chi connectivity index (χ4n) is 2.62. The molecule has 3 rings (SSSR count). The molecule has 0 fully saturated rings. The van der Waals surface area contributed by atoms with Gasteiger partial charge in [0.25, 0.3) is 17.3 Å². The number of carbonyl (C=O) groups is 1. The maximum atomic E-state index is 13.0. The molecule has 0 radical (unpaired) electrons. The SMILES string of the molecule is O=C(Nc1cc([N+](=O)[O-])ccc1S(=O)(=O)c1ccc([N+](=O)[O-])cc1)c1ccccc1. The Morgan fingerprint density at radius 1 is 0.800 bits per heavy atom. The zero-order valence-corrected chi connectivity index (χ0v) is 15.9. The standard InChI is InChI=1S/C19H13N3O7S/c23-19(13-4-2-1-3-5-13)20-17-12-15(22(26)27)8-11-18(17)30(28,29)16-9-6-14(7-10-16)21(24)25/h1-12H,(H,20,23). The molecule has 0 aliphatic heterocycles. The van der Waals surface area contributed by atoms with Crippen LogP contribution in [0.2, 0.25) is 0 Å². The fraction of sp³-hybridized carbons (Fsp3) is 0.